The van der Waals surface area contributed by atoms with Gasteiger partial charge in [-0.05, 0) is 33.1 Å². The van der Waals surface area contributed by atoms with Crippen LogP contribution in [0.4, 0.5) is 0 Å². The topological polar surface area (TPSA) is 196 Å². The molecule has 0 aromatic heterocycles. The lowest BCUT2D eigenvalue weighted by molar-refractivity contribution is -0.295. The molecule has 2 fully saturated rings. The van der Waals surface area contributed by atoms with Crippen molar-refractivity contribution < 1.29 is 59.2 Å². The van der Waals surface area contributed by atoms with Gasteiger partial charge in [0.15, 0.2) is 12.6 Å². The highest BCUT2D eigenvalue weighted by molar-refractivity contribution is 5.78. The maximum atomic E-state index is 12.9. The van der Waals surface area contributed by atoms with Crippen LogP contribution in [0.3, 0.4) is 0 Å². The molecular formula is C25H45NO12. The minimum absolute atomic E-state index is 0.0531. The molecule has 38 heavy (non-hydrogen) atoms. The number of carbonyl (C=O) groups excluding carboxylic acids is 2. The predicted octanol–water partition coefficient (Wildman–Crippen LogP) is -1.57. The van der Waals surface area contributed by atoms with Crippen LogP contribution in [0, 0.1) is 0 Å². The second kappa shape index (κ2) is 16.1. The van der Waals surface area contributed by atoms with Crippen molar-refractivity contribution in [3.8, 4) is 0 Å². The van der Waals surface area contributed by atoms with Crippen LogP contribution >= 0.6 is 0 Å². The molecule has 2 aliphatic rings. The van der Waals surface area contributed by atoms with Crippen molar-refractivity contribution in [1.82, 2.24) is 4.90 Å². The molecule has 13 heteroatoms. The first-order chi connectivity index (χ1) is 18.0. The highest BCUT2D eigenvalue weighted by Crippen LogP contribution is 2.23. The molecule has 2 aliphatic heterocycles. The molecule has 0 radical (unpaired) electrons. The lowest BCUT2D eigenvalue weighted by Crippen LogP contribution is -2.57. The van der Waals surface area contributed by atoms with Crippen LogP contribution < -0.4 is 0 Å². The van der Waals surface area contributed by atoms with Gasteiger partial charge in [-0.25, -0.2) is 0 Å². The number of aliphatic hydroxyl groups is 6. The van der Waals surface area contributed by atoms with Crippen molar-refractivity contribution in [3.63, 3.8) is 0 Å². The van der Waals surface area contributed by atoms with Gasteiger partial charge in [0.1, 0.15) is 42.4 Å². The molecular weight excluding hydrogens is 506 g/mol. The van der Waals surface area contributed by atoms with Crippen LogP contribution in [0.5, 0.6) is 0 Å². The molecule has 6 N–H and O–H groups in total. The molecule has 0 unspecified atom stereocenters. The summed E-state index contributed by atoms with van der Waals surface area (Å²) in [6, 6.07) is 0. The zero-order valence-corrected chi connectivity index (χ0v) is 22.4. The summed E-state index contributed by atoms with van der Waals surface area (Å²) in [7, 11) is 0. The highest BCUT2D eigenvalue weighted by atomic mass is 16.7. The second-order valence-electron chi connectivity index (χ2n) is 9.98. The summed E-state index contributed by atoms with van der Waals surface area (Å²) >= 11 is 0. The van der Waals surface area contributed by atoms with Gasteiger partial charge in [-0.15, -0.1) is 0 Å². The van der Waals surface area contributed by atoms with Crippen LogP contribution in [-0.4, -0.2) is 135 Å². The first-order valence-electron chi connectivity index (χ1n) is 13.4. The third-order valence-corrected chi connectivity index (χ3v) is 6.88. The molecule has 13 nitrogen and oxygen atoms in total. The summed E-state index contributed by atoms with van der Waals surface area (Å²) in [5, 5.41) is 59.8. The second-order valence-corrected chi connectivity index (χ2v) is 9.98. The molecule has 10 atom stereocenters. The molecule has 222 valence electrons. The Balaban J connectivity index is 1.89. The Hall–Kier alpha value is -1.26. The van der Waals surface area contributed by atoms with Gasteiger partial charge in [-0.3, -0.25) is 9.59 Å². The van der Waals surface area contributed by atoms with Gasteiger partial charge in [-0.1, -0.05) is 6.92 Å². The maximum Gasteiger partial charge on any atom is 0.222 e. The van der Waals surface area contributed by atoms with Crippen LogP contribution in [0.15, 0.2) is 0 Å². The average Bonchev–Trinajstić information content (AvgIpc) is 2.88. The lowest BCUT2D eigenvalue weighted by atomic mass is 10.0. The normalized spacial score (nSPS) is 35.7. The molecule has 0 aliphatic carbocycles. The monoisotopic (exact) mass is 551 g/mol. The summed E-state index contributed by atoms with van der Waals surface area (Å²) in [6.45, 7) is 5.07. The fraction of sp³-hybridized carbons (Fsp3) is 0.920. The van der Waals surface area contributed by atoms with E-state index < -0.39 is 61.4 Å². The number of hydrogen-bond donors (Lipinski definition) is 6. The number of hydrogen-bond acceptors (Lipinski definition) is 12. The van der Waals surface area contributed by atoms with E-state index in [1.54, 1.807) is 0 Å². The predicted molar refractivity (Wildman–Crippen MR) is 132 cm³/mol. The number of carbonyl (C=O) groups is 2. The fourth-order valence-electron chi connectivity index (χ4n) is 4.38. The third kappa shape index (κ3) is 9.44. The van der Waals surface area contributed by atoms with Crippen molar-refractivity contribution in [2.45, 2.75) is 121 Å². The zero-order valence-electron chi connectivity index (χ0n) is 22.4. The molecule has 2 heterocycles. The average molecular weight is 552 g/mol. The van der Waals surface area contributed by atoms with E-state index >= 15 is 0 Å². The molecule has 1 amide bonds. The van der Waals surface area contributed by atoms with E-state index in [-0.39, 0.29) is 44.4 Å². The maximum absolute atomic E-state index is 12.9. The van der Waals surface area contributed by atoms with E-state index in [9.17, 15) is 40.2 Å². The third-order valence-electron chi connectivity index (χ3n) is 6.88. The Bertz CT molecular complexity index is 686. The number of nitrogens with zero attached hydrogens (tertiary/aromatic N) is 1. The van der Waals surface area contributed by atoms with Gasteiger partial charge < -0.3 is 54.5 Å². The van der Waals surface area contributed by atoms with Crippen molar-refractivity contribution in [3.05, 3.63) is 0 Å². The summed E-state index contributed by atoms with van der Waals surface area (Å²) in [5.74, 6) is -0.0539. The number of ketones is 1. The summed E-state index contributed by atoms with van der Waals surface area (Å²) in [4.78, 5) is 26.1. The van der Waals surface area contributed by atoms with E-state index in [0.29, 0.717) is 25.7 Å². The van der Waals surface area contributed by atoms with E-state index in [0.717, 1.165) is 6.42 Å². The van der Waals surface area contributed by atoms with E-state index in [4.69, 9.17) is 18.9 Å². The number of rotatable bonds is 15. The van der Waals surface area contributed by atoms with Crippen LogP contribution in [0.2, 0.25) is 0 Å². The number of ether oxygens (including phenoxy) is 4. The number of Topliss-reactive ketones (excluding diaryl/α,β-unsaturated/α-hetero) is 1. The highest BCUT2D eigenvalue weighted by Gasteiger charge is 2.43. The Morgan fingerprint density at radius 3 is 1.58 bits per heavy atom. The Morgan fingerprint density at radius 1 is 0.684 bits per heavy atom. The lowest BCUT2D eigenvalue weighted by Gasteiger charge is -2.39. The van der Waals surface area contributed by atoms with Crippen molar-refractivity contribution >= 4 is 11.7 Å². The largest absolute Gasteiger partial charge is 0.388 e. The molecule has 0 spiro atoms. The van der Waals surface area contributed by atoms with Crippen LogP contribution in [0.1, 0.15) is 59.3 Å². The van der Waals surface area contributed by atoms with Crippen molar-refractivity contribution in [1.29, 1.82) is 0 Å². The van der Waals surface area contributed by atoms with Gasteiger partial charge in [-0.2, -0.15) is 0 Å². The van der Waals surface area contributed by atoms with Gasteiger partial charge in [0.25, 0.3) is 0 Å². The summed E-state index contributed by atoms with van der Waals surface area (Å²) in [6.07, 6.45) is -9.24. The zero-order chi connectivity index (χ0) is 28.4. The van der Waals surface area contributed by atoms with Crippen molar-refractivity contribution in [2.24, 2.45) is 0 Å². The van der Waals surface area contributed by atoms with Gasteiger partial charge in [0.2, 0.25) is 5.91 Å². The molecule has 0 aromatic rings. The summed E-state index contributed by atoms with van der Waals surface area (Å²) < 4.78 is 21.9. The van der Waals surface area contributed by atoms with Gasteiger partial charge in [0, 0.05) is 32.4 Å². The molecule has 0 aromatic carbocycles. The van der Waals surface area contributed by atoms with Gasteiger partial charge in [0.05, 0.1) is 25.4 Å². The number of amides is 1. The SMILES string of the molecule is CCCC(=O)CCCCC(=O)N(CCO[C@@H]1O[C@@H](C)[C@@H](O)[C@@H](O)[C@@H]1O)CCO[C@@H]1O[C@@H](C)[C@@H](O)[C@@H](O)[C@@H]1O. The van der Waals surface area contributed by atoms with E-state index in [2.05, 4.69) is 0 Å². The standard InChI is InChI=1S/C25H45NO12/c1-4-7-16(27)8-5-6-9-17(28)26(10-12-35-24-22(33)20(31)18(29)14(2)37-24)11-13-36-25-23(34)21(32)19(30)15(3)38-25/h14-15,18-25,29-34H,4-13H2,1-3H3/t14-,15-,18+,19+,20+,21+,22-,23-,24+,25+/m0/s1. The Kier molecular flexibility index (Phi) is 14.0. The first kappa shape index (κ1) is 32.9. The summed E-state index contributed by atoms with van der Waals surface area (Å²) in [5.41, 5.74) is 0. The van der Waals surface area contributed by atoms with Crippen LogP contribution in [-0.2, 0) is 28.5 Å². The van der Waals surface area contributed by atoms with Crippen LogP contribution in [0.25, 0.3) is 0 Å². The minimum Gasteiger partial charge on any atom is -0.388 e. The number of aliphatic hydroxyl groups excluding tert-OH is 6. The Labute approximate surface area is 223 Å². The van der Waals surface area contributed by atoms with E-state index in [1.165, 1.54) is 18.7 Å². The molecule has 2 saturated heterocycles. The van der Waals surface area contributed by atoms with Gasteiger partial charge >= 0.3 is 0 Å². The quantitative estimate of drug-likeness (QED) is 0.128. The fourth-order valence-corrected chi connectivity index (χ4v) is 4.38. The first-order valence-corrected chi connectivity index (χ1v) is 13.4. The van der Waals surface area contributed by atoms with E-state index in [1.807, 2.05) is 6.92 Å². The Morgan fingerprint density at radius 2 is 1.13 bits per heavy atom. The smallest absolute Gasteiger partial charge is 0.222 e. The molecule has 0 saturated carbocycles. The minimum atomic E-state index is -1.47. The van der Waals surface area contributed by atoms with Crippen molar-refractivity contribution in [2.75, 3.05) is 26.3 Å². The number of unbranched alkanes of at least 4 members (excludes halogenated alkanes) is 1. The molecule has 2 rings (SSSR count). The molecule has 0 bridgehead atoms.